The number of carbonyl (C=O) groups excluding carboxylic acids is 2. The minimum absolute atomic E-state index is 0.0226. The largest absolute Gasteiger partial charge is 0.465 e. The molecule has 0 aliphatic carbocycles. The van der Waals surface area contributed by atoms with Crippen molar-refractivity contribution in [2.75, 3.05) is 23.0 Å². The number of benzene rings is 2. The molecule has 0 aromatic heterocycles. The first-order chi connectivity index (χ1) is 12.5. The number of carbonyl (C=O) groups is 2. The summed E-state index contributed by atoms with van der Waals surface area (Å²) in [6.07, 6.45) is 0. The van der Waals surface area contributed by atoms with Crippen molar-refractivity contribution in [3.05, 3.63) is 54.1 Å². The van der Waals surface area contributed by atoms with Gasteiger partial charge in [0.25, 0.3) is 0 Å². The summed E-state index contributed by atoms with van der Waals surface area (Å²) in [6, 6.07) is 14.7. The molecule has 0 heterocycles. The van der Waals surface area contributed by atoms with Crippen LogP contribution in [0.3, 0.4) is 0 Å². The minimum atomic E-state index is -0.234. The maximum Gasteiger partial charge on any atom is 0.316 e. The Kier molecular flexibility index (Phi) is 7.62. The number of ketones is 1. The predicted molar refractivity (Wildman–Crippen MR) is 110 cm³/mol. The van der Waals surface area contributed by atoms with E-state index in [0.717, 1.165) is 16.3 Å². The molecule has 2 rings (SSSR count). The van der Waals surface area contributed by atoms with E-state index in [1.807, 2.05) is 24.3 Å². The lowest BCUT2D eigenvalue weighted by atomic mass is 10.1. The molecule has 0 saturated heterocycles. The van der Waals surface area contributed by atoms with E-state index in [0.29, 0.717) is 17.3 Å². The average Bonchev–Trinajstić information content (AvgIpc) is 2.61. The Bertz CT molecular complexity index is 792. The van der Waals surface area contributed by atoms with Crippen LogP contribution in [0.4, 0.5) is 11.4 Å². The fraction of sp³-hybridized carbons (Fsp3) is 0.211. The van der Waals surface area contributed by atoms with Crippen molar-refractivity contribution >= 4 is 52.2 Å². The highest BCUT2D eigenvalue weighted by molar-refractivity contribution is 8.00. The van der Waals surface area contributed by atoms with Gasteiger partial charge in [-0.15, -0.1) is 11.8 Å². The Labute approximate surface area is 162 Å². The van der Waals surface area contributed by atoms with Crippen LogP contribution in [-0.4, -0.2) is 29.2 Å². The predicted octanol–water partition coefficient (Wildman–Crippen LogP) is 4.35. The van der Waals surface area contributed by atoms with Gasteiger partial charge in [0, 0.05) is 21.8 Å². The van der Waals surface area contributed by atoms with Gasteiger partial charge in [-0.3, -0.25) is 9.59 Å². The van der Waals surface area contributed by atoms with Gasteiger partial charge < -0.3 is 15.4 Å². The number of anilines is 2. The molecule has 2 N–H and O–H groups in total. The lowest BCUT2D eigenvalue weighted by Gasteiger charge is -2.12. The quantitative estimate of drug-likeness (QED) is 0.316. The van der Waals surface area contributed by atoms with E-state index < -0.39 is 0 Å². The Morgan fingerprint density at radius 3 is 2.42 bits per heavy atom. The maximum atomic E-state index is 11.4. The highest BCUT2D eigenvalue weighted by Crippen LogP contribution is 2.22. The average molecular weight is 389 g/mol. The number of ether oxygens (including phenoxy) is 1. The first-order valence-corrected chi connectivity index (χ1v) is 9.45. The van der Waals surface area contributed by atoms with Gasteiger partial charge in [0.05, 0.1) is 12.4 Å². The third kappa shape index (κ3) is 6.50. The molecule has 136 valence electrons. The number of thioether (sulfide) groups is 1. The zero-order valence-electron chi connectivity index (χ0n) is 14.6. The Balaban J connectivity index is 1.91. The number of hydrogen-bond donors (Lipinski definition) is 2. The molecule has 0 bridgehead atoms. The molecule has 0 saturated carbocycles. The monoisotopic (exact) mass is 388 g/mol. The van der Waals surface area contributed by atoms with Crippen LogP contribution in [0, 0.1) is 0 Å². The third-order valence-corrected chi connectivity index (χ3v) is 4.47. The highest BCUT2D eigenvalue weighted by atomic mass is 32.2. The molecule has 2 aromatic rings. The van der Waals surface area contributed by atoms with Gasteiger partial charge in [-0.2, -0.15) is 0 Å². The zero-order valence-corrected chi connectivity index (χ0v) is 16.2. The van der Waals surface area contributed by atoms with Crippen LogP contribution >= 0.6 is 24.0 Å². The van der Waals surface area contributed by atoms with Gasteiger partial charge >= 0.3 is 5.97 Å². The smallest absolute Gasteiger partial charge is 0.316 e. The SMILES string of the molecule is CCOC(=O)CSc1cccc(NC(=S)Nc2ccc(C(C)=O)cc2)c1. The second-order valence-electron chi connectivity index (χ2n) is 5.33. The lowest BCUT2D eigenvalue weighted by Crippen LogP contribution is -2.19. The molecule has 5 nitrogen and oxygen atoms in total. The topological polar surface area (TPSA) is 67.4 Å². The van der Waals surface area contributed by atoms with Crippen molar-refractivity contribution < 1.29 is 14.3 Å². The molecule has 0 atom stereocenters. The fourth-order valence-electron chi connectivity index (χ4n) is 2.09. The zero-order chi connectivity index (χ0) is 18.9. The molecule has 0 aliphatic heterocycles. The van der Waals surface area contributed by atoms with Gasteiger partial charge in [-0.05, 0) is 68.5 Å². The summed E-state index contributed by atoms with van der Waals surface area (Å²) in [5.41, 5.74) is 2.26. The van der Waals surface area contributed by atoms with Crippen LogP contribution in [0.15, 0.2) is 53.4 Å². The molecule has 0 aliphatic rings. The van der Waals surface area contributed by atoms with E-state index in [2.05, 4.69) is 10.6 Å². The van der Waals surface area contributed by atoms with Crippen molar-refractivity contribution in [3.8, 4) is 0 Å². The molecule has 0 unspecified atom stereocenters. The van der Waals surface area contributed by atoms with E-state index in [4.69, 9.17) is 17.0 Å². The second-order valence-corrected chi connectivity index (χ2v) is 6.79. The Morgan fingerprint density at radius 1 is 1.08 bits per heavy atom. The van der Waals surface area contributed by atoms with Crippen LogP contribution in [-0.2, 0) is 9.53 Å². The Hall–Kier alpha value is -2.38. The van der Waals surface area contributed by atoms with Gasteiger partial charge in [0.2, 0.25) is 0 Å². The van der Waals surface area contributed by atoms with Crippen LogP contribution in [0.1, 0.15) is 24.2 Å². The van der Waals surface area contributed by atoms with Crippen molar-refractivity contribution in [1.82, 2.24) is 0 Å². The number of Topliss-reactive ketones (excluding diaryl/α,β-unsaturated/α-hetero) is 1. The van der Waals surface area contributed by atoms with Crippen LogP contribution in [0.2, 0.25) is 0 Å². The van der Waals surface area contributed by atoms with Gasteiger partial charge in [-0.1, -0.05) is 6.07 Å². The van der Waals surface area contributed by atoms with E-state index in [-0.39, 0.29) is 17.5 Å². The third-order valence-electron chi connectivity index (χ3n) is 3.30. The van der Waals surface area contributed by atoms with Gasteiger partial charge in [0.1, 0.15) is 0 Å². The summed E-state index contributed by atoms with van der Waals surface area (Å²) < 4.78 is 4.92. The number of hydrogen-bond acceptors (Lipinski definition) is 5. The molecule has 26 heavy (non-hydrogen) atoms. The summed E-state index contributed by atoms with van der Waals surface area (Å²) in [5.74, 6) is 0.0547. The number of thiocarbonyl (C=S) groups is 1. The van der Waals surface area contributed by atoms with Crippen molar-refractivity contribution in [1.29, 1.82) is 0 Å². The fourth-order valence-corrected chi connectivity index (χ4v) is 3.08. The minimum Gasteiger partial charge on any atom is -0.465 e. The van der Waals surface area contributed by atoms with E-state index >= 15 is 0 Å². The second kappa shape index (κ2) is 9.94. The van der Waals surface area contributed by atoms with E-state index in [9.17, 15) is 9.59 Å². The molecule has 2 aromatic carbocycles. The first-order valence-electron chi connectivity index (χ1n) is 8.05. The highest BCUT2D eigenvalue weighted by Gasteiger charge is 2.05. The molecule has 0 radical (unpaired) electrons. The first kappa shape index (κ1) is 19.9. The van der Waals surface area contributed by atoms with Crippen molar-refractivity contribution in [2.45, 2.75) is 18.7 Å². The molecule has 7 heteroatoms. The van der Waals surface area contributed by atoms with Crippen LogP contribution in [0.5, 0.6) is 0 Å². The maximum absolute atomic E-state index is 11.4. The molecule has 0 amide bonds. The summed E-state index contributed by atoms with van der Waals surface area (Å²) >= 11 is 6.72. The summed E-state index contributed by atoms with van der Waals surface area (Å²) in [7, 11) is 0. The summed E-state index contributed by atoms with van der Waals surface area (Å²) in [4.78, 5) is 23.7. The number of nitrogens with one attached hydrogen (secondary N) is 2. The Morgan fingerprint density at radius 2 is 1.77 bits per heavy atom. The number of rotatable bonds is 7. The lowest BCUT2D eigenvalue weighted by molar-refractivity contribution is -0.139. The summed E-state index contributed by atoms with van der Waals surface area (Å²) in [6.45, 7) is 3.70. The van der Waals surface area contributed by atoms with Gasteiger partial charge in [0.15, 0.2) is 10.9 Å². The van der Waals surface area contributed by atoms with E-state index in [1.54, 1.807) is 31.2 Å². The van der Waals surface area contributed by atoms with Crippen LogP contribution in [0.25, 0.3) is 0 Å². The number of esters is 1. The van der Waals surface area contributed by atoms with E-state index in [1.165, 1.54) is 18.7 Å². The standard InChI is InChI=1S/C19H20N2O3S2/c1-3-24-18(23)12-26-17-6-4-5-16(11-17)21-19(25)20-15-9-7-14(8-10-15)13(2)22/h4-11H,3,12H2,1-2H3,(H2,20,21,25). The van der Waals surface area contributed by atoms with Crippen LogP contribution < -0.4 is 10.6 Å². The molecular formula is C19H20N2O3S2. The molecule has 0 spiro atoms. The summed E-state index contributed by atoms with van der Waals surface area (Å²) in [5, 5.41) is 6.61. The normalized spacial score (nSPS) is 10.1. The van der Waals surface area contributed by atoms with Crippen molar-refractivity contribution in [3.63, 3.8) is 0 Å². The molecule has 0 fully saturated rings. The van der Waals surface area contributed by atoms with Gasteiger partial charge in [-0.25, -0.2) is 0 Å². The van der Waals surface area contributed by atoms with Crippen molar-refractivity contribution in [2.24, 2.45) is 0 Å². The molecular weight excluding hydrogens is 368 g/mol.